The van der Waals surface area contributed by atoms with E-state index in [0.29, 0.717) is 17.6 Å². The van der Waals surface area contributed by atoms with E-state index >= 15 is 0 Å². The van der Waals surface area contributed by atoms with E-state index in [1.165, 1.54) is 0 Å². The predicted octanol–water partition coefficient (Wildman–Crippen LogP) is 2.39. The van der Waals surface area contributed by atoms with E-state index in [9.17, 15) is 5.11 Å². The van der Waals surface area contributed by atoms with Gasteiger partial charge >= 0.3 is 0 Å². The second-order valence-electron chi connectivity index (χ2n) is 3.38. The van der Waals surface area contributed by atoms with Crippen LogP contribution >= 0.6 is 31.9 Å². The minimum Gasteiger partial charge on any atom is -0.506 e. The summed E-state index contributed by atoms with van der Waals surface area (Å²) in [6, 6.07) is 3.63. The van der Waals surface area contributed by atoms with Gasteiger partial charge in [-0.15, -0.1) is 0 Å². The molecule has 1 atom stereocenters. The van der Waals surface area contributed by atoms with E-state index in [-0.39, 0.29) is 11.9 Å². The first-order valence-corrected chi connectivity index (χ1v) is 6.15. The van der Waals surface area contributed by atoms with Gasteiger partial charge in [-0.2, -0.15) is 0 Å². The Kier molecular flexibility index (Phi) is 5.05. The number of nitrogens with one attached hydrogen (secondary N) is 1. The van der Waals surface area contributed by atoms with Crippen molar-refractivity contribution < 1.29 is 10.2 Å². The third-order valence-corrected chi connectivity index (χ3v) is 2.92. The summed E-state index contributed by atoms with van der Waals surface area (Å²) in [6.07, 6.45) is -0.386. The predicted molar refractivity (Wildman–Crippen MR) is 66.9 cm³/mol. The average Bonchev–Trinajstić information content (AvgIpc) is 2.12. The van der Waals surface area contributed by atoms with Gasteiger partial charge in [-0.1, -0.05) is 15.9 Å². The van der Waals surface area contributed by atoms with Gasteiger partial charge in [0.15, 0.2) is 0 Å². The summed E-state index contributed by atoms with van der Waals surface area (Å²) in [5.74, 6) is 0.233. The number of hydrogen-bond acceptors (Lipinski definition) is 3. The molecule has 0 saturated carbocycles. The Morgan fingerprint density at radius 1 is 1.40 bits per heavy atom. The molecule has 5 heteroatoms. The van der Waals surface area contributed by atoms with Gasteiger partial charge in [0, 0.05) is 23.1 Å². The number of aliphatic hydroxyl groups is 1. The van der Waals surface area contributed by atoms with Crippen molar-refractivity contribution in [2.45, 2.75) is 19.6 Å². The first kappa shape index (κ1) is 13.0. The topological polar surface area (TPSA) is 52.5 Å². The first-order valence-electron chi connectivity index (χ1n) is 4.56. The number of hydrogen-bond donors (Lipinski definition) is 3. The van der Waals surface area contributed by atoms with Crippen LogP contribution in [0.25, 0.3) is 0 Å². The second-order valence-corrected chi connectivity index (χ2v) is 5.15. The van der Waals surface area contributed by atoms with Gasteiger partial charge in [0.1, 0.15) is 5.75 Å². The molecular weight excluding hydrogens is 326 g/mol. The highest BCUT2D eigenvalue weighted by Crippen LogP contribution is 2.31. The Balaban J connectivity index is 2.68. The van der Waals surface area contributed by atoms with Crippen molar-refractivity contribution in [1.82, 2.24) is 5.32 Å². The summed E-state index contributed by atoms with van der Waals surface area (Å²) in [5, 5.41) is 21.8. The molecular formula is C10H13Br2NO2. The molecule has 0 spiro atoms. The molecule has 0 aliphatic carbocycles. The molecule has 0 heterocycles. The summed E-state index contributed by atoms with van der Waals surface area (Å²) in [4.78, 5) is 0. The van der Waals surface area contributed by atoms with Crippen LogP contribution in [0.3, 0.4) is 0 Å². The maximum absolute atomic E-state index is 9.72. The number of phenols is 1. The van der Waals surface area contributed by atoms with E-state index in [1.807, 2.05) is 6.07 Å². The molecule has 1 rings (SSSR count). The zero-order chi connectivity index (χ0) is 11.4. The van der Waals surface area contributed by atoms with Gasteiger partial charge in [0.25, 0.3) is 0 Å². The van der Waals surface area contributed by atoms with Crippen LogP contribution in [0.2, 0.25) is 0 Å². The van der Waals surface area contributed by atoms with Gasteiger partial charge in [-0.3, -0.25) is 0 Å². The Hall–Kier alpha value is -0.100. The lowest BCUT2D eigenvalue weighted by atomic mass is 10.2. The standard InChI is InChI=1S/C10H13Br2NO2/c1-6(14)4-13-5-7-2-8(11)3-9(12)10(7)15/h2-3,6,13-15H,4-5H2,1H3. The van der Waals surface area contributed by atoms with Gasteiger partial charge in [0.05, 0.1) is 10.6 Å². The lowest BCUT2D eigenvalue weighted by Crippen LogP contribution is -2.23. The molecule has 0 aliphatic rings. The van der Waals surface area contributed by atoms with Crippen LogP contribution in [0.15, 0.2) is 21.1 Å². The molecule has 3 nitrogen and oxygen atoms in total. The van der Waals surface area contributed by atoms with E-state index in [4.69, 9.17) is 5.11 Å². The smallest absolute Gasteiger partial charge is 0.134 e. The quantitative estimate of drug-likeness (QED) is 0.790. The van der Waals surface area contributed by atoms with Crippen LogP contribution in [0.1, 0.15) is 12.5 Å². The maximum atomic E-state index is 9.72. The van der Waals surface area contributed by atoms with Gasteiger partial charge in [-0.25, -0.2) is 0 Å². The highest BCUT2D eigenvalue weighted by molar-refractivity contribution is 9.11. The van der Waals surface area contributed by atoms with Crippen molar-refractivity contribution in [2.75, 3.05) is 6.54 Å². The van der Waals surface area contributed by atoms with Gasteiger partial charge < -0.3 is 15.5 Å². The Bertz CT molecular complexity index is 342. The number of aliphatic hydroxyl groups excluding tert-OH is 1. The molecule has 1 aromatic carbocycles. The molecule has 0 amide bonds. The van der Waals surface area contributed by atoms with Crippen molar-refractivity contribution in [2.24, 2.45) is 0 Å². The Morgan fingerprint density at radius 3 is 2.67 bits per heavy atom. The first-order chi connectivity index (χ1) is 7.00. The zero-order valence-electron chi connectivity index (χ0n) is 8.30. The summed E-state index contributed by atoms with van der Waals surface area (Å²) in [6.45, 7) is 2.74. The number of benzene rings is 1. The third kappa shape index (κ3) is 4.10. The molecule has 0 aromatic heterocycles. The molecule has 3 N–H and O–H groups in total. The van der Waals surface area contributed by atoms with Gasteiger partial charge in [0.2, 0.25) is 0 Å². The van der Waals surface area contributed by atoms with Gasteiger partial charge in [-0.05, 0) is 35.0 Å². The fraction of sp³-hybridized carbons (Fsp3) is 0.400. The van der Waals surface area contributed by atoms with Crippen LogP contribution in [-0.4, -0.2) is 22.9 Å². The fourth-order valence-corrected chi connectivity index (χ4v) is 2.48. The van der Waals surface area contributed by atoms with E-state index in [2.05, 4.69) is 37.2 Å². The van der Waals surface area contributed by atoms with Crippen LogP contribution in [0.4, 0.5) is 0 Å². The molecule has 0 aliphatic heterocycles. The van der Waals surface area contributed by atoms with Crippen molar-refractivity contribution in [1.29, 1.82) is 0 Å². The van der Waals surface area contributed by atoms with Crippen LogP contribution in [-0.2, 0) is 6.54 Å². The average molecular weight is 339 g/mol. The zero-order valence-corrected chi connectivity index (χ0v) is 11.5. The Labute approximate surface area is 106 Å². The largest absolute Gasteiger partial charge is 0.506 e. The van der Waals surface area contributed by atoms with E-state index < -0.39 is 0 Å². The highest BCUT2D eigenvalue weighted by Gasteiger charge is 2.07. The van der Waals surface area contributed by atoms with Crippen molar-refractivity contribution in [3.63, 3.8) is 0 Å². The summed E-state index contributed by atoms with van der Waals surface area (Å²) >= 11 is 6.61. The minimum atomic E-state index is -0.386. The lowest BCUT2D eigenvalue weighted by molar-refractivity contribution is 0.191. The van der Waals surface area contributed by atoms with Crippen LogP contribution in [0, 0.1) is 0 Å². The molecule has 0 radical (unpaired) electrons. The SMILES string of the molecule is CC(O)CNCc1cc(Br)cc(Br)c1O. The molecule has 15 heavy (non-hydrogen) atoms. The summed E-state index contributed by atoms with van der Waals surface area (Å²) in [5.41, 5.74) is 0.789. The summed E-state index contributed by atoms with van der Waals surface area (Å²) < 4.78 is 1.56. The van der Waals surface area contributed by atoms with Crippen molar-refractivity contribution in [3.05, 3.63) is 26.6 Å². The van der Waals surface area contributed by atoms with Crippen LogP contribution in [0.5, 0.6) is 5.75 Å². The van der Waals surface area contributed by atoms with Crippen molar-refractivity contribution in [3.8, 4) is 5.75 Å². The minimum absolute atomic E-state index is 0.233. The highest BCUT2D eigenvalue weighted by atomic mass is 79.9. The second kappa shape index (κ2) is 5.84. The maximum Gasteiger partial charge on any atom is 0.134 e. The number of phenolic OH excluding ortho intramolecular Hbond substituents is 1. The fourth-order valence-electron chi connectivity index (χ4n) is 1.17. The number of halogens is 2. The number of aromatic hydroxyl groups is 1. The van der Waals surface area contributed by atoms with E-state index in [1.54, 1.807) is 13.0 Å². The Morgan fingerprint density at radius 2 is 2.07 bits per heavy atom. The summed E-state index contributed by atoms with van der Waals surface area (Å²) in [7, 11) is 0. The number of rotatable bonds is 4. The third-order valence-electron chi connectivity index (χ3n) is 1.86. The molecule has 84 valence electrons. The normalized spacial score (nSPS) is 12.8. The monoisotopic (exact) mass is 337 g/mol. The molecule has 1 unspecified atom stereocenters. The lowest BCUT2D eigenvalue weighted by Gasteiger charge is -2.10. The molecule has 1 aromatic rings. The van der Waals surface area contributed by atoms with Crippen LogP contribution < -0.4 is 5.32 Å². The molecule has 0 bridgehead atoms. The molecule has 0 saturated heterocycles. The molecule has 0 fully saturated rings. The van der Waals surface area contributed by atoms with E-state index in [0.717, 1.165) is 10.0 Å². The van der Waals surface area contributed by atoms with Crippen molar-refractivity contribution >= 4 is 31.9 Å².